The predicted molar refractivity (Wildman–Crippen MR) is 120 cm³/mol. The van der Waals surface area contributed by atoms with E-state index < -0.39 is 0 Å². The van der Waals surface area contributed by atoms with Gasteiger partial charge < -0.3 is 20.3 Å². The predicted octanol–water partition coefficient (Wildman–Crippen LogP) is 4.04. The zero-order valence-corrected chi connectivity index (χ0v) is 17.6. The van der Waals surface area contributed by atoms with Crippen LogP contribution in [0.3, 0.4) is 0 Å². The molecule has 6 heteroatoms. The number of anilines is 1. The fourth-order valence-corrected chi connectivity index (χ4v) is 3.25. The summed E-state index contributed by atoms with van der Waals surface area (Å²) >= 11 is 2.26. The molecule has 5 nitrogen and oxygen atoms in total. The van der Waals surface area contributed by atoms with Crippen LogP contribution >= 0.6 is 22.6 Å². The lowest BCUT2D eigenvalue weighted by Crippen LogP contribution is -2.24. The highest BCUT2D eigenvalue weighted by Crippen LogP contribution is 2.24. The monoisotopic (exact) mass is 474 g/mol. The van der Waals surface area contributed by atoms with Crippen LogP contribution in [0.5, 0.6) is 5.75 Å². The summed E-state index contributed by atoms with van der Waals surface area (Å²) in [6.07, 6.45) is 5.96. The summed E-state index contributed by atoms with van der Waals surface area (Å²) in [6, 6.07) is 15.9. The number of likely N-dealkylation sites (N-methyl/N-ethyl adjacent to an activating group) is 1. The van der Waals surface area contributed by atoms with Gasteiger partial charge in [0.05, 0.1) is 5.70 Å². The lowest BCUT2D eigenvalue weighted by molar-refractivity contribution is 0.289. The lowest BCUT2D eigenvalue weighted by atomic mass is 10.1. The Morgan fingerprint density at radius 2 is 1.89 bits per heavy atom. The molecule has 1 aliphatic rings. The van der Waals surface area contributed by atoms with Crippen molar-refractivity contribution in [2.24, 2.45) is 4.99 Å². The highest BCUT2D eigenvalue weighted by Gasteiger charge is 2.11. The van der Waals surface area contributed by atoms with Gasteiger partial charge in [-0.1, -0.05) is 24.3 Å². The third kappa shape index (κ3) is 5.26. The van der Waals surface area contributed by atoms with E-state index in [4.69, 9.17) is 10.5 Å². The first-order chi connectivity index (χ1) is 13.0. The van der Waals surface area contributed by atoms with Gasteiger partial charge in [0.25, 0.3) is 0 Å². The Balaban J connectivity index is 1.84. The number of nitrogens with zero attached hydrogens (tertiary/aromatic N) is 3. The number of ether oxygens (including phenoxy) is 1. The zero-order valence-electron chi connectivity index (χ0n) is 15.5. The van der Waals surface area contributed by atoms with Gasteiger partial charge in [-0.25, -0.2) is 0 Å². The molecule has 0 spiro atoms. The third-order valence-electron chi connectivity index (χ3n) is 4.16. The van der Waals surface area contributed by atoms with Gasteiger partial charge in [0.2, 0.25) is 0 Å². The van der Waals surface area contributed by atoms with Gasteiger partial charge in [0, 0.05) is 53.1 Å². The summed E-state index contributed by atoms with van der Waals surface area (Å²) in [4.78, 5) is 8.68. The van der Waals surface area contributed by atoms with Crippen LogP contribution < -0.4 is 10.5 Å². The number of hydrogen-bond acceptors (Lipinski definition) is 5. The first kappa shape index (κ1) is 19.3. The van der Waals surface area contributed by atoms with Crippen LogP contribution in [0.2, 0.25) is 0 Å². The summed E-state index contributed by atoms with van der Waals surface area (Å²) in [5.41, 5.74) is 9.95. The zero-order chi connectivity index (χ0) is 19.2. The number of aliphatic imine (C=N–C) groups is 1. The summed E-state index contributed by atoms with van der Waals surface area (Å²) < 4.78 is 7.03. The van der Waals surface area contributed by atoms with E-state index in [-0.39, 0.29) is 0 Å². The molecule has 140 valence electrons. The van der Waals surface area contributed by atoms with Crippen LogP contribution in [-0.2, 0) is 0 Å². The smallest absolute Gasteiger partial charge is 0.129 e. The van der Waals surface area contributed by atoms with E-state index in [1.165, 1.54) is 0 Å². The van der Waals surface area contributed by atoms with Gasteiger partial charge in [0.15, 0.2) is 0 Å². The minimum Gasteiger partial charge on any atom is -0.487 e. The van der Waals surface area contributed by atoms with Crippen molar-refractivity contribution >= 4 is 40.1 Å². The van der Waals surface area contributed by atoms with Crippen molar-refractivity contribution in [2.45, 2.75) is 0 Å². The molecular weight excluding hydrogens is 451 g/mol. The van der Waals surface area contributed by atoms with E-state index in [1.807, 2.05) is 73.9 Å². The molecule has 1 heterocycles. The van der Waals surface area contributed by atoms with E-state index in [0.29, 0.717) is 13.3 Å². The van der Waals surface area contributed by atoms with E-state index in [1.54, 1.807) is 0 Å². The van der Waals surface area contributed by atoms with Gasteiger partial charge in [-0.05, 0) is 46.9 Å². The molecule has 0 radical (unpaired) electrons. The highest BCUT2D eigenvalue weighted by atomic mass is 127. The normalized spacial score (nSPS) is 16.7. The number of hydrogen-bond donors (Lipinski definition) is 1. The van der Waals surface area contributed by atoms with Crippen molar-refractivity contribution in [2.75, 3.05) is 33.1 Å². The number of nitrogen functional groups attached to an aromatic ring is 1. The molecule has 27 heavy (non-hydrogen) atoms. The van der Waals surface area contributed by atoms with Crippen LogP contribution in [0.4, 0.5) is 5.69 Å². The average molecular weight is 474 g/mol. The Kier molecular flexibility index (Phi) is 6.39. The van der Waals surface area contributed by atoms with E-state index >= 15 is 0 Å². The minimum atomic E-state index is 0.467. The Morgan fingerprint density at radius 3 is 2.63 bits per heavy atom. The number of para-hydroxylation sites is 1. The molecule has 0 saturated heterocycles. The second-order valence-corrected chi connectivity index (χ2v) is 7.60. The molecule has 0 atom stereocenters. The molecule has 2 aromatic rings. The van der Waals surface area contributed by atoms with Crippen molar-refractivity contribution in [3.63, 3.8) is 0 Å². The average Bonchev–Trinajstić information content (AvgIpc) is 2.71. The van der Waals surface area contributed by atoms with Crippen LogP contribution in [0.25, 0.3) is 5.57 Å². The molecule has 2 aromatic carbocycles. The van der Waals surface area contributed by atoms with Gasteiger partial charge >= 0.3 is 0 Å². The number of rotatable bonds is 4. The molecule has 0 amide bonds. The van der Waals surface area contributed by atoms with E-state index in [2.05, 4.69) is 44.7 Å². The quantitative estimate of drug-likeness (QED) is 0.537. The summed E-state index contributed by atoms with van der Waals surface area (Å²) in [6.45, 7) is 1.01. The minimum absolute atomic E-state index is 0.467. The molecule has 0 saturated carbocycles. The Bertz CT molecular complexity index is 877. The Morgan fingerprint density at radius 1 is 1.11 bits per heavy atom. The lowest BCUT2D eigenvalue weighted by Gasteiger charge is -2.22. The third-order valence-corrected chi connectivity index (χ3v) is 4.84. The van der Waals surface area contributed by atoms with Gasteiger partial charge in [-0.3, -0.25) is 4.99 Å². The van der Waals surface area contributed by atoms with Crippen molar-refractivity contribution in [3.05, 3.63) is 75.8 Å². The topological polar surface area (TPSA) is 54.1 Å². The highest BCUT2D eigenvalue weighted by molar-refractivity contribution is 14.1. The maximum atomic E-state index is 6.22. The van der Waals surface area contributed by atoms with Crippen LogP contribution in [-0.4, -0.2) is 43.4 Å². The van der Waals surface area contributed by atoms with Crippen LogP contribution in [0.1, 0.15) is 5.56 Å². The molecule has 3 rings (SSSR count). The maximum Gasteiger partial charge on any atom is 0.129 e. The molecule has 1 aliphatic heterocycles. The molecule has 2 N–H and O–H groups in total. The fourth-order valence-electron chi connectivity index (χ4n) is 2.73. The van der Waals surface area contributed by atoms with Crippen LogP contribution in [0, 0.1) is 3.57 Å². The number of benzene rings is 2. The molecule has 0 aliphatic carbocycles. The fraction of sp³-hybridized carbons (Fsp3) is 0.190. The van der Waals surface area contributed by atoms with Gasteiger partial charge in [-0.2, -0.15) is 0 Å². The Labute approximate surface area is 174 Å². The summed E-state index contributed by atoms with van der Waals surface area (Å²) in [5.74, 6) is 0.848. The number of nitrogens with two attached hydrogens (primary N) is 1. The molecule has 0 bridgehead atoms. The summed E-state index contributed by atoms with van der Waals surface area (Å²) in [7, 11) is 4.01. The van der Waals surface area contributed by atoms with E-state index in [0.717, 1.165) is 31.8 Å². The first-order valence-corrected chi connectivity index (χ1v) is 9.69. The first-order valence-electron chi connectivity index (χ1n) is 8.61. The van der Waals surface area contributed by atoms with E-state index in [9.17, 15) is 0 Å². The van der Waals surface area contributed by atoms with Crippen molar-refractivity contribution < 1.29 is 4.74 Å². The molecule has 0 unspecified atom stereocenters. The maximum absolute atomic E-state index is 6.22. The van der Waals surface area contributed by atoms with Gasteiger partial charge in [-0.15, -0.1) is 0 Å². The van der Waals surface area contributed by atoms with Gasteiger partial charge in [0.1, 0.15) is 19.0 Å². The van der Waals surface area contributed by atoms with Crippen molar-refractivity contribution in [3.8, 4) is 5.75 Å². The van der Waals surface area contributed by atoms with Crippen molar-refractivity contribution in [1.82, 2.24) is 9.80 Å². The second-order valence-electron chi connectivity index (χ2n) is 6.35. The largest absolute Gasteiger partial charge is 0.487 e. The number of halogens is 1. The molecule has 0 fully saturated rings. The SMILES string of the molecule is CN1C=C(COc2ccccc2)N(C)CN=C/C(c2ccc(I)cc2N)=C\1. The summed E-state index contributed by atoms with van der Waals surface area (Å²) in [5, 5.41) is 0. The van der Waals surface area contributed by atoms with Crippen LogP contribution in [0.15, 0.2) is 71.6 Å². The number of allylic oxidation sites excluding steroid dienone is 1. The molecular formula is C21H23IN4O. The standard InChI is InChI=1S/C21H23IN4O/c1-25-12-16(20-9-8-17(22)10-21(20)23)11-24-15-26(2)18(13-25)14-27-19-6-4-3-5-7-19/h3-13H,14-15,23H2,1-2H3/b16-12+,18-13?,24-11?. The second kappa shape index (κ2) is 8.94. The Hall–Kier alpha value is -2.48. The van der Waals surface area contributed by atoms with Crippen molar-refractivity contribution in [1.29, 1.82) is 0 Å². The molecule has 0 aromatic heterocycles.